The van der Waals surface area contributed by atoms with Gasteiger partial charge < -0.3 is 10.2 Å². The lowest BCUT2D eigenvalue weighted by Crippen LogP contribution is -2.40. The largest absolute Gasteiger partial charge is 0.335 e. The van der Waals surface area contributed by atoms with Crippen LogP contribution in [0.3, 0.4) is 0 Å². The van der Waals surface area contributed by atoms with Crippen LogP contribution < -0.4 is 5.32 Å². The van der Waals surface area contributed by atoms with Gasteiger partial charge in [0.2, 0.25) is 5.91 Å². The number of nitrogens with one attached hydrogen (secondary N) is 1. The minimum Gasteiger partial charge on any atom is -0.335 e. The van der Waals surface area contributed by atoms with E-state index < -0.39 is 0 Å². The first-order valence-electron chi connectivity index (χ1n) is 7.54. The third-order valence-corrected chi connectivity index (χ3v) is 4.41. The number of hydrogen-bond donors (Lipinski definition) is 1. The molecule has 1 saturated heterocycles. The van der Waals surface area contributed by atoms with E-state index in [2.05, 4.69) is 15.3 Å². The number of carbonyl (C=O) groups excluding carboxylic acids is 1. The smallest absolute Gasteiger partial charge is 0.223 e. The Morgan fingerprint density at radius 2 is 2.19 bits per heavy atom. The predicted octanol–water partition coefficient (Wildman–Crippen LogP) is 1.70. The molecule has 0 bridgehead atoms. The van der Waals surface area contributed by atoms with Gasteiger partial charge >= 0.3 is 0 Å². The van der Waals surface area contributed by atoms with Gasteiger partial charge in [-0.05, 0) is 38.6 Å². The second kappa shape index (κ2) is 9.00. The van der Waals surface area contributed by atoms with Gasteiger partial charge in [0.25, 0.3) is 0 Å². The molecule has 6 heteroatoms. The Morgan fingerprint density at radius 3 is 2.95 bits per heavy atom. The summed E-state index contributed by atoms with van der Waals surface area (Å²) in [4.78, 5) is 22.7. The van der Waals surface area contributed by atoms with Crippen LogP contribution in [0.25, 0.3) is 0 Å². The summed E-state index contributed by atoms with van der Waals surface area (Å²) in [5.41, 5.74) is 1.01. The molecule has 1 amide bonds. The Morgan fingerprint density at radius 1 is 1.38 bits per heavy atom. The van der Waals surface area contributed by atoms with Gasteiger partial charge in [-0.3, -0.25) is 4.79 Å². The minimum absolute atomic E-state index is 0.250. The van der Waals surface area contributed by atoms with Gasteiger partial charge in [0, 0.05) is 42.7 Å². The van der Waals surface area contributed by atoms with Crippen molar-refractivity contribution >= 4 is 17.7 Å². The number of thioether (sulfide) groups is 1. The lowest BCUT2D eigenvalue weighted by atomic mass is 10.1. The monoisotopic (exact) mass is 308 g/mol. The van der Waals surface area contributed by atoms with E-state index in [0.717, 1.165) is 43.7 Å². The molecule has 1 fully saturated rings. The standard InChI is InChI=1S/C15H24N4OS/c1-21-8-5-15(20)19(11-13-9-17-12-18-10-13)14-3-2-6-16-7-4-14/h9-10,12,14,16H,2-8,11H2,1H3/t14-/m1/s1. The normalized spacial score (nSPS) is 19.0. The average molecular weight is 308 g/mol. The summed E-state index contributed by atoms with van der Waals surface area (Å²) in [6.45, 7) is 2.67. The van der Waals surface area contributed by atoms with Crippen LogP contribution in [-0.4, -0.2) is 51.9 Å². The van der Waals surface area contributed by atoms with E-state index in [1.807, 2.05) is 11.2 Å². The Labute approximate surface area is 130 Å². The zero-order chi connectivity index (χ0) is 14.9. The second-order valence-electron chi connectivity index (χ2n) is 5.35. The van der Waals surface area contributed by atoms with Gasteiger partial charge in [-0.1, -0.05) is 0 Å². The molecule has 1 aliphatic rings. The molecule has 0 unspecified atom stereocenters. The Kier molecular flexibility index (Phi) is 6.95. The van der Waals surface area contributed by atoms with E-state index >= 15 is 0 Å². The van der Waals surface area contributed by atoms with Gasteiger partial charge in [0.1, 0.15) is 6.33 Å². The number of rotatable bonds is 6. The van der Waals surface area contributed by atoms with Gasteiger partial charge in [0.15, 0.2) is 0 Å². The van der Waals surface area contributed by atoms with Crippen LogP contribution >= 0.6 is 11.8 Å². The maximum absolute atomic E-state index is 12.6. The van der Waals surface area contributed by atoms with Crippen LogP contribution in [0.1, 0.15) is 31.2 Å². The highest BCUT2D eigenvalue weighted by Crippen LogP contribution is 2.18. The third-order valence-electron chi connectivity index (χ3n) is 3.79. The Hall–Kier alpha value is -1.14. The van der Waals surface area contributed by atoms with Crippen LogP contribution in [0, 0.1) is 0 Å². The minimum atomic E-state index is 0.250. The molecule has 21 heavy (non-hydrogen) atoms. The van der Waals surface area contributed by atoms with Gasteiger partial charge in [-0.2, -0.15) is 11.8 Å². The number of nitrogens with zero attached hydrogens (tertiary/aromatic N) is 3. The highest BCUT2D eigenvalue weighted by Gasteiger charge is 2.24. The first-order valence-corrected chi connectivity index (χ1v) is 8.93. The summed E-state index contributed by atoms with van der Waals surface area (Å²) in [5.74, 6) is 1.13. The molecule has 0 spiro atoms. The van der Waals surface area contributed by atoms with E-state index in [-0.39, 0.29) is 5.91 Å². The van der Waals surface area contributed by atoms with Crippen molar-refractivity contribution in [2.45, 2.75) is 38.3 Å². The molecule has 1 aliphatic heterocycles. The summed E-state index contributed by atoms with van der Waals surface area (Å²) in [5, 5.41) is 3.41. The van der Waals surface area contributed by atoms with Gasteiger partial charge in [0.05, 0.1) is 0 Å². The molecule has 2 heterocycles. The van der Waals surface area contributed by atoms with E-state index in [9.17, 15) is 4.79 Å². The second-order valence-corrected chi connectivity index (χ2v) is 6.33. The van der Waals surface area contributed by atoms with Crippen molar-refractivity contribution in [3.05, 3.63) is 24.3 Å². The third kappa shape index (κ3) is 5.28. The molecule has 1 atom stereocenters. The molecule has 0 aromatic carbocycles. The lowest BCUT2D eigenvalue weighted by Gasteiger charge is -2.31. The molecule has 0 aliphatic carbocycles. The van der Waals surface area contributed by atoms with Gasteiger partial charge in [-0.25, -0.2) is 9.97 Å². The van der Waals surface area contributed by atoms with Crippen LogP contribution in [-0.2, 0) is 11.3 Å². The van der Waals surface area contributed by atoms with Crippen LogP contribution in [0.4, 0.5) is 0 Å². The summed E-state index contributed by atoms with van der Waals surface area (Å²) in [7, 11) is 0. The molecule has 2 rings (SSSR count). The highest BCUT2D eigenvalue weighted by molar-refractivity contribution is 7.98. The molecular formula is C15H24N4OS. The van der Waals surface area contributed by atoms with Crippen molar-refractivity contribution in [3.63, 3.8) is 0 Å². The van der Waals surface area contributed by atoms with Crippen molar-refractivity contribution < 1.29 is 4.79 Å². The molecular weight excluding hydrogens is 284 g/mol. The number of carbonyl (C=O) groups is 1. The lowest BCUT2D eigenvalue weighted by molar-refractivity contribution is -0.134. The quantitative estimate of drug-likeness (QED) is 0.867. The highest BCUT2D eigenvalue weighted by atomic mass is 32.2. The number of hydrogen-bond acceptors (Lipinski definition) is 5. The summed E-state index contributed by atoms with van der Waals surface area (Å²) >= 11 is 1.72. The first-order chi connectivity index (χ1) is 10.3. The van der Waals surface area contributed by atoms with Crippen LogP contribution in [0.15, 0.2) is 18.7 Å². The van der Waals surface area contributed by atoms with Crippen molar-refractivity contribution in [2.24, 2.45) is 0 Å². The van der Waals surface area contributed by atoms with Crippen molar-refractivity contribution in [2.75, 3.05) is 25.1 Å². The first kappa shape index (κ1) is 16.2. The topological polar surface area (TPSA) is 58.1 Å². The number of aromatic nitrogens is 2. The zero-order valence-corrected chi connectivity index (χ0v) is 13.4. The summed E-state index contributed by atoms with van der Waals surface area (Å²) in [6, 6.07) is 0.328. The molecule has 1 aromatic heterocycles. The average Bonchev–Trinajstić information content (AvgIpc) is 2.80. The molecule has 5 nitrogen and oxygen atoms in total. The zero-order valence-electron chi connectivity index (χ0n) is 12.6. The molecule has 0 radical (unpaired) electrons. The maximum atomic E-state index is 12.6. The molecule has 0 saturated carbocycles. The SMILES string of the molecule is CSCCC(=O)N(Cc1cncnc1)[C@@H]1CCCNCC1. The fraction of sp³-hybridized carbons (Fsp3) is 0.667. The summed E-state index contributed by atoms with van der Waals surface area (Å²) < 4.78 is 0. The fourth-order valence-electron chi connectivity index (χ4n) is 2.67. The van der Waals surface area contributed by atoms with Gasteiger partial charge in [-0.15, -0.1) is 0 Å². The van der Waals surface area contributed by atoms with E-state index in [0.29, 0.717) is 19.0 Å². The van der Waals surface area contributed by atoms with E-state index in [1.165, 1.54) is 6.33 Å². The Bertz CT molecular complexity index is 421. The predicted molar refractivity (Wildman–Crippen MR) is 86.1 cm³/mol. The van der Waals surface area contributed by atoms with Crippen molar-refractivity contribution in [1.29, 1.82) is 0 Å². The fourth-order valence-corrected chi connectivity index (χ4v) is 3.05. The van der Waals surface area contributed by atoms with E-state index in [1.54, 1.807) is 24.2 Å². The maximum Gasteiger partial charge on any atom is 0.223 e. The molecule has 1 aromatic rings. The molecule has 1 N–H and O–H groups in total. The van der Waals surface area contributed by atoms with Crippen LogP contribution in [0.2, 0.25) is 0 Å². The Balaban J connectivity index is 2.06. The van der Waals surface area contributed by atoms with Crippen molar-refractivity contribution in [3.8, 4) is 0 Å². The van der Waals surface area contributed by atoms with E-state index in [4.69, 9.17) is 0 Å². The van der Waals surface area contributed by atoms with Crippen molar-refractivity contribution in [1.82, 2.24) is 20.2 Å². The van der Waals surface area contributed by atoms with Crippen LogP contribution in [0.5, 0.6) is 0 Å². The molecule has 116 valence electrons. The summed E-state index contributed by atoms with van der Waals surface area (Å²) in [6.07, 6.45) is 11.0. The number of amides is 1.